The number of carbonyl (C=O) groups is 3. The molecule has 76 heavy (non-hydrogen) atoms. The number of aliphatic hydroxyl groups excluding tert-OH is 1. The van der Waals surface area contributed by atoms with Crippen LogP contribution in [0, 0.1) is 0 Å². The maximum Gasteiger partial charge on any atom is 0.472 e. The Balaban J connectivity index is 4.70. The Hall–Kier alpha value is -2.56. The van der Waals surface area contributed by atoms with Crippen LogP contribution in [0.3, 0.4) is 0 Å². The molecule has 0 rings (SSSR count). The molecular formula is C64H117O11P. The van der Waals surface area contributed by atoms with Crippen molar-refractivity contribution in [1.82, 2.24) is 0 Å². The van der Waals surface area contributed by atoms with E-state index in [1.54, 1.807) is 0 Å². The summed E-state index contributed by atoms with van der Waals surface area (Å²) in [5.41, 5.74) is 0. The molecule has 11 nitrogen and oxygen atoms in total. The molecule has 0 aliphatic rings. The first-order valence-electron chi connectivity index (χ1n) is 31.5. The summed E-state index contributed by atoms with van der Waals surface area (Å²) < 4.78 is 39.6. The third-order valence-corrected chi connectivity index (χ3v) is 14.7. The van der Waals surface area contributed by atoms with Gasteiger partial charge in [-0.15, -0.1) is 0 Å². The number of esters is 3. The van der Waals surface area contributed by atoms with Crippen LogP contribution < -0.4 is 0 Å². The van der Waals surface area contributed by atoms with E-state index >= 15 is 0 Å². The number of phosphoric acid groups is 1. The standard InChI is InChI=1S/C64H117O11P/c1-4-7-10-13-16-19-22-25-28-30-33-35-38-41-44-47-50-53-62(66)71-57-61(75-64(68)55-52-49-46-43-40-37-34-31-29-26-23-20-17-14-11-8-5-2)59-73-76(69,70)72-58-60(56-65)74-63(67)54-51-48-45-42-39-36-32-27-24-21-18-15-12-9-6-3/h9,12,18,21,27,32,39,42,60-61,65H,4-8,10-11,13-17,19-20,22-26,28-31,33-38,40-41,43-59H2,1-3H3,(H,69,70)/b12-9-,21-18-,32-27-,42-39-. The summed E-state index contributed by atoms with van der Waals surface area (Å²) in [6.07, 6.45) is 63.5. The lowest BCUT2D eigenvalue weighted by atomic mass is 10.0. The van der Waals surface area contributed by atoms with Gasteiger partial charge in [-0.25, -0.2) is 4.57 Å². The van der Waals surface area contributed by atoms with Gasteiger partial charge in [0.25, 0.3) is 0 Å². The van der Waals surface area contributed by atoms with Gasteiger partial charge in [0.15, 0.2) is 6.10 Å². The van der Waals surface area contributed by atoms with Crippen molar-refractivity contribution in [2.45, 2.75) is 315 Å². The van der Waals surface area contributed by atoms with Gasteiger partial charge in [0.05, 0.1) is 19.8 Å². The molecule has 3 atom stereocenters. The lowest BCUT2D eigenvalue weighted by Gasteiger charge is -2.21. The smallest absolute Gasteiger partial charge is 0.462 e. The first kappa shape index (κ1) is 73.4. The van der Waals surface area contributed by atoms with Crippen molar-refractivity contribution in [1.29, 1.82) is 0 Å². The third-order valence-electron chi connectivity index (χ3n) is 13.8. The van der Waals surface area contributed by atoms with Crippen LogP contribution in [0.1, 0.15) is 303 Å². The zero-order valence-electron chi connectivity index (χ0n) is 49.2. The van der Waals surface area contributed by atoms with Crippen molar-refractivity contribution < 1.29 is 52.2 Å². The molecule has 0 aliphatic heterocycles. The van der Waals surface area contributed by atoms with Crippen molar-refractivity contribution in [3.05, 3.63) is 48.6 Å². The lowest BCUT2D eigenvalue weighted by Crippen LogP contribution is -2.30. The molecule has 0 saturated heterocycles. The van der Waals surface area contributed by atoms with E-state index in [-0.39, 0.29) is 25.9 Å². The summed E-state index contributed by atoms with van der Waals surface area (Å²) in [5, 5.41) is 9.83. The van der Waals surface area contributed by atoms with E-state index in [1.807, 2.05) is 0 Å². The highest BCUT2D eigenvalue weighted by Gasteiger charge is 2.28. The molecule has 0 aromatic heterocycles. The monoisotopic (exact) mass is 1090 g/mol. The highest BCUT2D eigenvalue weighted by molar-refractivity contribution is 7.47. The summed E-state index contributed by atoms with van der Waals surface area (Å²) >= 11 is 0. The fraction of sp³-hybridized carbons (Fsp3) is 0.828. The Labute approximate surface area is 466 Å². The van der Waals surface area contributed by atoms with Crippen LogP contribution in [-0.4, -0.2) is 66.5 Å². The van der Waals surface area contributed by atoms with Gasteiger partial charge < -0.3 is 24.2 Å². The Kier molecular flexibility index (Phi) is 56.6. The van der Waals surface area contributed by atoms with Gasteiger partial charge in [-0.05, 0) is 57.8 Å². The van der Waals surface area contributed by atoms with Crippen LogP contribution in [-0.2, 0) is 42.2 Å². The van der Waals surface area contributed by atoms with Crippen LogP contribution in [0.25, 0.3) is 0 Å². The zero-order valence-corrected chi connectivity index (χ0v) is 50.1. The van der Waals surface area contributed by atoms with Crippen molar-refractivity contribution in [3.8, 4) is 0 Å². The Morgan fingerprint density at radius 3 is 1.05 bits per heavy atom. The van der Waals surface area contributed by atoms with E-state index < -0.39 is 57.8 Å². The van der Waals surface area contributed by atoms with Gasteiger partial charge in [-0.3, -0.25) is 23.4 Å². The maximum absolute atomic E-state index is 12.9. The van der Waals surface area contributed by atoms with Gasteiger partial charge in [-0.2, -0.15) is 0 Å². The molecule has 0 saturated carbocycles. The number of ether oxygens (including phenoxy) is 3. The highest BCUT2D eigenvalue weighted by atomic mass is 31.2. The number of unbranched alkanes of at least 4 members (excludes halogenated alkanes) is 34. The summed E-state index contributed by atoms with van der Waals surface area (Å²) in [5.74, 6) is -1.48. The van der Waals surface area contributed by atoms with Crippen molar-refractivity contribution in [2.75, 3.05) is 26.4 Å². The Morgan fingerprint density at radius 1 is 0.382 bits per heavy atom. The van der Waals surface area contributed by atoms with Crippen LogP contribution in [0.4, 0.5) is 0 Å². The largest absolute Gasteiger partial charge is 0.472 e. The summed E-state index contributed by atoms with van der Waals surface area (Å²) in [6, 6.07) is 0. The van der Waals surface area contributed by atoms with E-state index in [4.69, 9.17) is 23.3 Å². The molecular weight excluding hydrogens is 976 g/mol. The molecule has 0 aromatic carbocycles. The maximum atomic E-state index is 12.9. The molecule has 0 heterocycles. The second-order valence-electron chi connectivity index (χ2n) is 21.2. The molecule has 0 aromatic rings. The van der Waals surface area contributed by atoms with Crippen LogP contribution in [0.5, 0.6) is 0 Å². The van der Waals surface area contributed by atoms with Crippen molar-refractivity contribution in [3.63, 3.8) is 0 Å². The Morgan fingerprint density at radius 2 is 0.684 bits per heavy atom. The van der Waals surface area contributed by atoms with Crippen LogP contribution in [0.2, 0.25) is 0 Å². The number of allylic oxidation sites excluding steroid dienone is 8. The van der Waals surface area contributed by atoms with Crippen LogP contribution >= 0.6 is 7.82 Å². The molecule has 0 aliphatic carbocycles. The zero-order chi connectivity index (χ0) is 55.5. The summed E-state index contributed by atoms with van der Waals surface area (Å²) in [4.78, 5) is 48.7. The van der Waals surface area contributed by atoms with Crippen LogP contribution in [0.15, 0.2) is 48.6 Å². The van der Waals surface area contributed by atoms with Gasteiger partial charge in [0, 0.05) is 19.3 Å². The fourth-order valence-corrected chi connectivity index (χ4v) is 9.78. The first-order valence-corrected chi connectivity index (χ1v) is 33.0. The second kappa shape index (κ2) is 58.6. The normalized spacial score (nSPS) is 13.6. The molecule has 0 spiro atoms. The van der Waals surface area contributed by atoms with Gasteiger partial charge >= 0.3 is 25.7 Å². The molecule has 3 unspecified atom stereocenters. The van der Waals surface area contributed by atoms with Crippen molar-refractivity contribution in [2.24, 2.45) is 0 Å². The number of rotatable bonds is 59. The lowest BCUT2D eigenvalue weighted by molar-refractivity contribution is -0.161. The SMILES string of the molecule is CC/C=C\C/C=C\C/C=C\C/C=C\CCCCC(=O)OC(CO)COP(=O)(O)OCC(COC(=O)CCCCCCCCCCCCCCCCCCC)OC(=O)CCCCCCCCCCCCCCCCCCC. The predicted molar refractivity (Wildman–Crippen MR) is 316 cm³/mol. The van der Waals surface area contributed by atoms with E-state index in [0.29, 0.717) is 19.3 Å². The molecule has 12 heteroatoms. The number of carbonyl (C=O) groups excluding carboxylic acids is 3. The van der Waals surface area contributed by atoms with E-state index in [2.05, 4.69) is 69.4 Å². The molecule has 2 N–H and O–H groups in total. The number of phosphoric ester groups is 1. The number of hydrogen-bond acceptors (Lipinski definition) is 10. The summed E-state index contributed by atoms with van der Waals surface area (Å²) in [7, 11) is -4.76. The minimum Gasteiger partial charge on any atom is -0.462 e. The second-order valence-corrected chi connectivity index (χ2v) is 22.7. The summed E-state index contributed by atoms with van der Waals surface area (Å²) in [6.45, 7) is 4.55. The predicted octanol–water partition coefficient (Wildman–Crippen LogP) is 18.9. The molecule has 0 fully saturated rings. The van der Waals surface area contributed by atoms with Gasteiger partial charge in [0.1, 0.15) is 12.7 Å². The third kappa shape index (κ3) is 56.2. The molecule has 0 amide bonds. The van der Waals surface area contributed by atoms with E-state index in [9.17, 15) is 28.9 Å². The van der Waals surface area contributed by atoms with E-state index in [0.717, 1.165) is 77.0 Å². The Bertz CT molecular complexity index is 1460. The number of aliphatic hydroxyl groups is 1. The van der Waals surface area contributed by atoms with Crippen molar-refractivity contribution >= 4 is 25.7 Å². The number of hydrogen-bond donors (Lipinski definition) is 2. The average Bonchev–Trinajstić information content (AvgIpc) is 3.41. The van der Waals surface area contributed by atoms with Gasteiger partial charge in [-0.1, -0.05) is 275 Å². The average molecular weight is 1090 g/mol. The fourth-order valence-electron chi connectivity index (χ4n) is 9.00. The van der Waals surface area contributed by atoms with E-state index in [1.165, 1.54) is 167 Å². The minimum absolute atomic E-state index is 0.127. The highest BCUT2D eigenvalue weighted by Crippen LogP contribution is 2.43. The first-order chi connectivity index (χ1) is 37.2. The molecule has 0 radical (unpaired) electrons. The van der Waals surface area contributed by atoms with Gasteiger partial charge in [0.2, 0.25) is 0 Å². The minimum atomic E-state index is -4.76. The molecule has 444 valence electrons. The molecule has 0 bridgehead atoms. The topological polar surface area (TPSA) is 155 Å². The quantitative estimate of drug-likeness (QED) is 0.0197.